The van der Waals surface area contributed by atoms with Crippen LogP contribution < -0.4 is 5.32 Å². The van der Waals surface area contributed by atoms with Crippen molar-refractivity contribution >= 4 is 5.96 Å². The van der Waals surface area contributed by atoms with Gasteiger partial charge in [0.25, 0.3) is 0 Å². The van der Waals surface area contributed by atoms with Crippen LogP contribution in [0.15, 0.2) is 4.99 Å². The molecule has 1 saturated heterocycles. The SMILES string of the molecule is CCNC(=NCCN1CCOCC1)N(C)CCOCC1CC1. The van der Waals surface area contributed by atoms with E-state index in [2.05, 4.69) is 29.1 Å². The monoisotopic (exact) mass is 312 g/mol. The summed E-state index contributed by atoms with van der Waals surface area (Å²) in [5, 5.41) is 3.36. The molecular formula is C16H32N4O2. The molecule has 128 valence electrons. The summed E-state index contributed by atoms with van der Waals surface area (Å²) in [6, 6.07) is 0. The third kappa shape index (κ3) is 6.94. The summed E-state index contributed by atoms with van der Waals surface area (Å²) in [5.74, 6) is 1.81. The third-order valence-electron chi connectivity index (χ3n) is 4.10. The van der Waals surface area contributed by atoms with Gasteiger partial charge in [0, 0.05) is 46.4 Å². The van der Waals surface area contributed by atoms with Gasteiger partial charge in [-0.25, -0.2) is 0 Å². The van der Waals surface area contributed by atoms with Crippen molar-refractivity contribution in [3.8, 4) is 0 Å². The van der Waals surface area contributed by atoms with Crippen LogP contribution in [-0.2, 0) is 9.47 Å². The molecule has 0 spiro atoms. The van der Waals surface area contributed by atoms with Gasteiger partial charge in [0.2, 0.25) is 0 Å². The lowest BCUT2D eigenvalue weighted by Gasteiger charge is -2.26. The fraction of sp³-hybridized carbons (Fsp3) is 0.938. The molecule has 6 heteroatoms. The molecule has 0 unspecified atom stereocenters. The van der Waals surface area contributed by atoms with Gasteiger partial charge >= 0.3 is 0 Å². The summed E-state index contributed by atoms with van der Waals surface area (Å²) < 4.78 is 11.1. The van der Waals surface area contributed by atoms with Crippen LogP contribution in [0.2, 0.25) is 0 Å². The van der Waals surface area contributed by atoms with Gasteiger partial charge in [-0.3, -0.25) is 9.89 Å². The zero-order valence-corrected chi connectivity index (χ0v) is 14.2. The maximum atomic E-state index is 5.71. The van der Waals surface area contributed by atoms with E-state index in [9.17, 15) is 0 Å². The van der Waals surface area contributed by atoms with Crippen LogP contribution in [0.4, 0.5) is 0 Å². The first-order valence-corrected chi connectivity index (χ1v) is 8.67. The molecule has 0 aromatic carbocycles. The number of likely N-dealkylation sites (N-methyl/N-ethyl adjacent to an activating group) is 1. The Labute approximate surface area is 134 Å². The van der Waals surface area contributed by atoms with Gasteiger partial charge in [0.05, 0.1) is 26.4 Å². The highest BCUT2D eigenvalue weighted by molar-refractivity contribution is 5.79. The van der Waals surface area contributed by atoms with Crippen LogP contribution in [0.25, 0.3) is 0 Å². The molecule has 22 heavy (non-hydrogen) atoms. The molecule has 1 aliphatic carbocycles. The van der Waals surface area contributed by atoms with Gasteiger partial charge in [-0.1, -0.05) is 0 Å². The number of rotatable bonds is 9. The molecule has 1 saturated carbocycles. The van der Waals surface area contributed by atoms with Crippen LogP contribution in [0.5, 0.6) is 0 Å². The Morgan fingerprint density at radius 1 is 1.36 bits per heavy atom. The lowest BCUT2D eigenvalue weighted by molar-refractivity contribution is 0.0394. The highest BCUT2D eigenvalue weighted by Gasteiger charge is 2.21. The minimum absolute atomic E-state index is 0.779. The molecule has 1 aliphatic heterocycles. The second-order valence-corrected chi connectivity index (χ2v) is 6.13. The van der Waals surface area contributed by atoms with E-state index in [1.165, 1.54) is 12.8 Å². The summed E-state index contributed by atoms with van der Waals surface area (Å²) in [7, 11) is 2.08. The Morgan fingerprint density at radius 2 is 2.14 bits per heavy atom. The zero-order valence-electron chi connectivity index (χ0n) is 14.2. The number of hydrogen-bond acceptors (Lipinski definition) is 4. The van der Waals surface area contributed by atoms with E-state index in [-0.39, 0.29) is 0 Å². The molecule has 2 fully saturated rings. The number of nitrogens with zero attached hydrogens (tertiary/aromatic N) is 3. The first kappa shape index (κ1) is 17.5. The molecule has 1 N–H and O–H groups in total. The fourth-order valence-corrected chi connectivity index (χ4v) is 2.43. The maximum Gasteiger partial charge on any atom is 0.193 e. The van der Waals surface area contributed by atoms with E-state index in [1.54, 1.807) is 0 Å². The smallest absolute Gasteiger partial charge is 0.193 e. The van der Waals surface area contributed by atoms with Crippen LogP contribution in [0.3, 0.4) is 0 Å². The first-order chi connectivity index (χ1) is 10.8. The zero-order chi connectivity index (χ0) is 15.6. The van der Waals surface area contributed by atoms with E-state index in [4.69, 9.17) is 14.5 Å². The van der Waals surface area contributed by atoms with Crippen molar-refractivity contribution in [2.45, 2.75) is 19.8 Å². The standard InChI is InChI=1S/C16H32N4O2/c1-3-17-16(18-6-7-20-9-12-21-13-10-20)19(2)8-11-22-14-15-4-5-15/h15H,3-14H2,1-2H3,(H,17,18). The lowest BCUT2D eigenvalue weighted by Crippen LogP contribution is -2.42. The number of hydrogen-bond donors (Lipinski definition) is 1. The van der Waals surface area contributed by atoms with Crippen molar-refractivity contribution in [1.82, 2.24) is 15.1 Å². The second kappa shape index (κ2) is 10.0. The first-order valence-electron chi connectivity index (χ1n) is 8.67. The number of aliphatic imine (C=N–C) groups is 1. The van der Waals surface area contributed by atoms with E-state index in [1.807, 2.05) is 0 Å². The normalized spacial score (nSPS) is 20.2. The number of guanidine groups is 1. The quantitative estimate of drug-likeness (QED) is 0.385. The number of nitrogens with one attached hydrogen (secondary N) is 1. The fourth-order valence-electron chi connectivity index (χ4n) is 2.43. The maximum absolute atomic E-state index is 5.71. The van der Waals surface area contributed by atoms with Gasteiger partial charge < -0.3 is 19.7 Å². The Morgan fingerprint density at radius 3 is 2.82 bits per heavy atom. The Bertz CT molecular complexity index is 328. The van der Waals surface area contributed by atoms with Crippen molar-refractivity contribution < 1.29 is 9.47 Å². The van der Waals surface area contributed by atoms with E-state index >= 15 is 0 Å². The molecule has 6 nitrogen and oxygen atoms in total. The summed E-state index contributed by atoms with van der Waals surface area (Å²) in [5.41, 5.74) is 0. The molecule has 1 heterocycles. The van der Waals surface area contributed by atoms with Crippen LogP contribution in [-0.4, -0.2) is 88.5 Å². The van der Waals surface area contributed by atoms with Gasteiger partial charge in [0.1, 0.15) is 0 Å². The van der Waals surface area contributed by atoms with Gasteiger partial charge in [0.15, 0.2) is 5.96 Å². The Hall–Kier alpha value is -0.850. The predicted molar refractivity (Wildman–Crippen MR) is 89.4 cm³/mol. The molecule has 2 aliphatic rings. The summed E-state index contributed by atoms with van der Waals surface area (Å²) in [6.45, 7) is 11.2. The van der Waals surface area contributed by atoms with Crippen molar-refractivity contribution in [2.75, 3.05) is 72.7 Å². The third-order valence-corrected chi connectivity index (χ3v) is 4.10. The van der Waals surface area contributed by atoms with Crippen molar-refractivity contribution in [3.63, 3.8) is 0 Å². The lowest BCUT2D eigenvalue weighted by atomic mass is 10.4. The molecular weight excluding hydrogens is 280 g/mol. The van der Waals surface area contributed by atoms with Crippen LogP contribution in [0, 0.1) is 5.92 Å². The Kier molecular flexibility index (Phi) is 7.98. The van der Waals surface area contributed by atoms with Crippen molar-refractivity contribution in [2.24, 2.45) is 10.9 Å². The molecule has 0 bridgehead atoms. The minimum Gasteiger partial charge on any atom is -0.379 e. The average Bonchev–Trinajstić information content (AvgIpc) is 3.36. The summed E-state index contributed by atoms with van der Waals surface area (Å²) in [4.78, 5) is 9.30. The molecule has 0 atom stereocenters. The summed E-state index contributed by atoms with van der Waals surface area (Å²) in [6.07, 6.45) is 2.70. The predicted octanol–water partition coefficient (Wildman–Crippen LogP) is 0.643. The van der Waals surface area contributed by atoms with Gasteiger partial charge in [-0.2, -0.15) is 0 Å². The molecule has 0 aromatic rings. The van der Waals surface area contributed by atoms with Crippen molar-refractivity contribution in [3.05, 3.63) is 0 Å². The second-order valence-electron chi connectivity index (χ2n) is 6.13. The number of morpholine rings is 1. The van der Waals surface area contributed by atoms with Crippen LogP contribution in [0.1, 0.15) is 19.8 Å². The minimum atomic E-state index is 0.779. The van der Waals surface area contributed by atoms with Crippen molar-refractivity contribution in [1.29, 1.82) is 0 Å². The van der Waals surface area contributed by atoms with E-state index < -0.39 is 0 Å². The van der Waals surface area contributed by atoms with Gasteiger partial charge in [-0.05, 0) is 25.7 Å². The van der Waals surface area contributed by atoms with E-state index in [0.717, 1.165) is 77.6 Å². The highest BCUT2D eigenvalue weighted by Crippen LogP contribution is 2.28. The number of ether oxygens (including phenoxy) is 2. The summed E-state index contributed by atoms with van der Waals surface area (Å²) >= 11 is 0. The molecule has 0 radical (unpaired) electrons. The highest BCUT2D eigenvalue weighted by atomic mass is 16.5. The van der Waals surface area contributed by atoms with Crippen LogP contribution >= 0.6 is 0 Å². The molecule has 2 rings (SSSR count). The average molecular weight is 312 g/mol. The largest absolute Gasteiger partial charge is 0.379 e. The molecule has 0 aromatic heterocycles. The van der Waals surface area contributed by atoms with E-state index in [0.29, 0.717) is 0 Å². The topological polar surface area (TPSA) is 49.3 Å². The van der Waals surface area contributed by atoms with Gasteiger partial charge in [-0.15, -0.1) is 0 Å². The molecule has 0 amide bonds. The Balaban J connectivity index is 1.64.